The lowest BCUT2D eigenvalue weighted by molar-refractivity contribution is 0.171. The first-order valence-corrected chi connectivity index (χ1v) is 6.65. The van der Waals surface area contributed by atoms with E-state index in [0.717, 1.165) is 30.9 Å². The van der Waals surface area contributed by atoms with Gasteiger partial charge in [-0.3, -0.25) is 4.90 Å². The number of aromatic nitrogens is 1. The van der Waals surface area contributed by atoms with E-state index in [4.69, 9.17) is 4.42 Å². The molecule has 2 heterocycles. The molecule has 1 aromatic carbocycles. The summed E-state index contributed by atoms with van der Waals surface area (Å²) in [5.41, 5.74) is 3.27. The standard InChI is InChI=1S/C15H19N3O.ClH/c1-11-3-5-12(6-4-11)15-17-13(10-19-15)9-18(2)14-7-16-8-14;/h3-6,10,14,16H,7-9H2,1-2H3;1H. The molecule has 0 saturated carbocycles. The number of likely N-dealkylation sites (N-methyl/N-ethyl adjacent to an activating group) is 1. The van der Waals surface area contributed by atoms with Crippen LogP contribution < -0.4 is 5.32 Å². The zero-order valence-electron chi connectivity index (χ0n) is 11.8. The summed E-state index contributed by atoms with van der Waals surface area (Å²) >= 11 is 0. The first-order valence-electron chi connectivity index (χ1n) is 6.65. The Morgan fingerprint density at radius 1 is 1.30 bits per heavy atom. The maximum atomic E-state index is 5.57. The highest BCUT2D eigenvalue weighted by atomic mass is 35.5. The minimum Gasteiger partial charge on any atom is -0.444 e. The van der Waals surface area contributed by atoms with E-state index in [9.17, 15) is 0 Å². The highest BCUT2D eigenvalue weighted by Crippen LogP contribution is 2.20. The molecule has 0 unspecified atom stereocenters. The predicted octanol–water partition coefficient (Wildman–Crippen LogP) is 2.48. The highest BCUT2D eigenvalue weighted by molar-refractivity contribution is 5.85. The summed E-state index contributed by atoms with van der Waals surface area (Å²) in [6, 6.07) is 8.87. The Morgan fingerprint density at radius 3 is 2.60 bits per heavy atom. The van der Waals surface area contributed by atoms with Crippen LogP contribution in [0.5, 0.6) is 0 Å². The summed E-state index contributed by atoms with van der Waals surface area (Å²) in [6.45, 7) is 5.05. The van der Waals surface area contributed by atoms with Gasteiger partial charge in [-0.05, 0) is 26.1 Å². The number of benzene rings is 1. The van der Waals surface area contributed by atoms with Crippen molar-refractivity contribution < 1.29 is 4.42 Å². The topological polar surface area (TPSA) is 41.3 Å². The lowest BCUT2D eigenvalue weighted by atomic mass is 10.1. The van der Waals surface area contributed by atoms with E-state index >= 15 is 0 Å². The molecule has 0 atom stereocenters. The van der Waals surface area contributed by atoms with E-state index in [1.54, 1.807) is 6.26 Å². The fourth-order valence-corrected chi connectivity index (χ4v) is 2.18. The Morgan fingerprint density at radius 2 is 2.00 bits per heavy atom. The van der Waals surface area contributed by atoms with Crippen molar-refractivity contribution in [2.75, 3.05) is 20.1 Å². The molecule has 1 aliphatic rings. The van der Waals surface area contributed by atoms with Gasteiger partial charge in [0.15, 0.2) is 0 Å². The molecule has 0 amide bonds. The SMILES string of the molecule is Cc1ccc(-c2nc(CN(C)C3CNC3)co2)cc1.Cl. The smallest absolute Gasteiger partial charge is 0.226 e. The number of aryl methyl sites for hydroxylation is 1. The molecule has 1 aromatic heterocycles. The van der Waals surface area contributed by atoms with E-state index in [-0.39, 0.29) is 12.4 Å². The third-order valence-corrected chi connectivity index (χ3v) is 3.64. The molecule has 1 aliphatic heterocycles. The van der Waals surface area contributed by atoms with Crippen LogP contribution >= 0.6 is 12.4 Å². The third-order valence-electron chi connectivity index (χ3n) is 3.64. The Bertz CT molecular complexity index is 549. The minimum atomic E-state index is 0. The number of hydrogen-bond donors (Lipinski definition) is 1. The zero-order chi connectivity index (χ0) is 13.2. The second-order valence-corrected chi connectivity index (χ2v) is 5.24. The summed E-state index contributed by atoms with van der Waals surface area (Å²) in [4.78, 5) is 6.87. The number of oxazole rings is 1. The van der Waals surface area contributed by atoms with Gasteiger partial charge in [0, 0.05) is 31.2 Å². The van der Waals surface area contributed by atoms with Crippen molar-refractivity contribution >= 4 is 12.4 Å². The van der Waals surface area contributed by atoms with Crippen LogP contribution in [0, 0.1) is 6.92 Å². The van der Waals surface area contributed by atoms with Crippen molar-refractivity contribution in [1.29, 1.82) is 0 Å². The van der Waals surface area contributed by atoms with Gasteiger partial charge in [-0.2, -0.15) is 0 Å². The van der Waals surface area contributed by atoms with Gasteiger partial charge in [0.2, 0.25) is 5.89 Å². The molecule has 0 radical (unpaired) electrons. The van der Waals surface area contributed by atoms with Gasteiger partial charge in [-0.25, -0.2) is 4.98 Å². The Kier molecular flexibility index (Phi) is 4.81. The maximum Gasteiger partial charge on any atom is 0.226 e. The van der Waals surface area contributed by atoms with Crippen molar-refractivity contribution in [2.24, 2.45) is 0 Å². The zero-order valence-corrected chi connectivity index (χ0v) is 12.6. The molecule has 0 bridgehead atoms. The van der Waals surface area contributed by atoms with Crippen LogP contribution in [0.25, 0.3) is 11.5 Å². The number of nitrogens with zero attached hydrogens (tertiary/aromatic N) is 2. The van der Waals surface area contributed by atoms with Crippen molar-refractivity contribution in [3.8, 4) is 11.5 Å². The van der Waals surface area contributed by atoms with Crippen LogP contribution in [0.2, 0.25) is 0 Å². The molecule has 20 heavy (non-hydrogen) atoms. The molecule has 0 spiro atoms. The van der Waals surface area contributed by atoms with Crippen molar-refractivity contribution in [2.45, 2.75) is 19.5 Å². The van der Waals surface area contributed by atoms with Gasteiger partial charge < -0.3 is 9.73 Å². The van der Waals surface area contributed by atoms with E-state index in [0.29, 0.717) is 11.9 Å². The predicted molar refractivity (Wildman–Crippen MR) is 82.0 cm³/mol. The molecular weight excluding hydrogens is 274 g/mol. The molecule has 4 nitrogen and oxygen atoms in total. The minimum absolute atomic E-state index is 0. The summed E-state index contributed by atoms with van der Waals surface area (Å²) < 4.78 is 5.57. The molecule has 3 rings (SSSR count). The van der Waals surface area contributed by atoms with Crippen LogP contribution in [0.4, 0.5) is 0 Å². The van der Waals surface area contributed by atoms with E-state index in [1.807, 2.05) is 12.1 Å². The molecule has 5 heteroatoms. The molecule has 0 aliphatic carbocycles. The number of halogens is 1. The fraction of sp³-hybridized carbons (Fsp3) is 0.400. The Hall–Kier alpha value is -1.36. The average Bonchev–Trinajstić information content (AvgIpc) is 2.76. The third kappa shape index (κ3) is 3.20. The fourth-order valence-electron chi connectivity index (χ4n) is 2.18. The largest absolute Gasteiger partial charge is 0.444 e. The molecule has 108 valence electrons. The molecule has 1 N–H and O–H groups in total. The number of hydrogen-bond acceptors (Lipinski definition) is 4. The van der Waals surface area contributed by atoms with Gasteiger partial charge >= 0.3 is 0 Å². The average molecular weight is 294 g/mol. The summed E-state index contributed by atoms with van der Waals surface area (Å²) in [6.07, 6.45) is 1.76. The van der Waals surface area contributed by atoms with E-state index in [1.165, 1.54) is 5.56 Å². The Labute approximate surface area is 125 Å². The first kappa shape index (κ1) is 15.0. The monoisotopic (exact) mass is 293 g/mol. The van der Waals surface area contributed by atoms with Gasteiger partial charge in [0.25, 0.3) is 0 Å². The molecule has 2 aromatic rings. The van der Waals surface area contributed by atoms with E-state index in [2.05, 4.69) is 41.3 Å². The van der Waals surface area contributed by atoms with Crippen LogP contribution in [0.1, 0.15) is 11.3 Å². The van der Waals surface area contributed by atoms with Crippen LogP contribution in [-0.2, 0) is 6.54 Å². The number of nitrogens with one attached hydrogen (secondary N) is 1. The lowest BCUT2D eigenvalue weighted by Gasteiger charge is -2.35. The van der Waals surface area contributed by atoms with Crippen molar-refractivity contribution in [3.63, 3.8) is 0 Å². The second kappa shape index (κ2) is 6.39. The summed E-state index contributed by atoms with van der Waals surface area (Å²) in [5.74, 6) is 0.704. The summed E-state index contributed by atoms with van der Waals surface area (Å²) in [5, 5.41) is 3.28. The summed E-state index contributed by atoms with van der Waals surface area (Å²) in [7, 11) is 2.13. The van der Waals surface area contributed by atoms with Crippen molar-refractivity contribution in [3.05, 3.63) is 41.8 Å². The van der Waals surface area contributed by atoms with Gasteiger partial charge in [0.05, 0.1) is 5.69 Å². The molecule has 1 saturated heterocycles. The Balaban J connectivity index is 0.00000147. The molecule has 1 fully saturated rings. The van der Waals surface area contributed by atoms with Gasteiger partial charge in [-0.1, -0.05) is 17.7 Å². The normalized spacial score (nSPS) is 14.9. The number of rotatable bonds is 4. The van der Waals surface area contributed by atoms with Gasteiger partial charge in [0.1, 0.15) is 6.26 Å². The maximum absolute atomic E-state index is 5.57. The van der Waals surface area contributed by atoms with E-state index < -0.39 is 0 Å². The second-order valence-electron chi connectivity index (χ2n) is 5.24. The lowest BCUT2D eigenvalue weighted by Crippen LogP contribution is -2.55. The van der Waals surface area contributed by atoms with Crippen LogP contribution in [0.3, 0.4) is 0 Å². The quantitative estimate of drug-likeness (QED) is 0.940. The first-order chi connectivity index (χ1) is 9.22. The molecular formula is C15H20ClN3O. The van der Waals surface area contributed by atoms with Gasteiger partial charge in [-0.15, -0.1) is 12.4 Å². The van der Waals surface area contributed by atoms with Crippen LogP contribution in [0.15, 0.2) is 34.9 Å². The highest BCUT2D eigenvalue weighted by Gasteiger charge is 2.22. The van der Waals surface area contributed by atoms with Crippen LogP contribution in [-0.4, -0.2) is 36.1 Å². The van der Waals surface area contributed by atoms with Crippen molar-refractivity contribution in [1.82, 2.24) is 15.2 Å².